The Balaban J connectivity index is 1.69. The monoisotopic (exact) mass is 246 g/mol. The van der Waals surface area contributed by atoms with E-state index in [0.29, 0.717) is 18.5 Å². The van der Waals surface area contributed by atoms with Crippen molar-refractivity contribution in [1.82, 2.24) is 20.0 Å². The zero-order valence-corrected chi connectivity index (χ0v) is 10.8. The molecule has 0 aromatic carbocycles. The lowest BCUT2D eigenvalue weighted by Gasteiger charge is -2.06. The van der Waals surface area contributed by atoms with Gasteiger partial charge in [0.2, 0.25) is 5.89 Å². The van der Waals surface area contributed by atoms with Crippen molar-refractivity contribution in [3.63, 3.8) is 0 Å². The Kier molecular flexibility index (Phi) is 2.91. The molecule has 3 rings (SSSR count). The molecule has 96 valence electrons. The highest BCUT2D eigenvalue weighted by Crippen LogP contribution is 2.38. The minimum absolute atomic E-state index is 0.360. The molecule has 18 heavy (non-hydrogen) atoms. The van der Waals surface area contributed by atoms with E-state index in [2.05, 4.69) is 45.4 Å². The van der Waals surface area contributed by atoms with Gasteiger partial charge in [0, 0.05) is 24.4 Å². The normalized spacial score (nSPS) is 17.0. The van der Waals surface area contributed by atoms with Crippen molar-refractivity contribution in [3.05, 3.63) is 35.7 Å². The topological polar surface area (TPSA) is 55.9 Å². The molecular formula is C13H18N4O. The number of nitrogens with one attached hydrogen (secondary N) is 1. The van der Waals surface area contributed by atoms with Gasteiger partial charge in [-0.3, -0.25) is 0 Å². The first-order valence-electron chi connectivity index (χ1n) is 6.41. The number of hydrogen-bond acceptors (Lipinski definition) is 4. The van der Waals surface area contributed by atoms with Crippen molar-refractivity contribution < 1.29 is 4.52 Å². The molecule has 0 amide bonds. The van der Waals surface area contributed by atoms with Gasteiger partial charge < -0.3 is 14.4 Å². The van der Waals surface area contributed by atoms with Crippen molar-refractivity contribution in [2.75, 3.05) is 7.05 Å². The average Bonchev–Trinajstić information content (AvgIpc) is 2.96. The maximum atomic E-state index is 5.25. The third-order valence-electron chi connectivity index (χ3n) is 3.44. The summed E-state index contributed by atoms with van der Waals surface area (Å²) in [5.41, 5.74) is 1.27. The smallest absolute Gasteiger partial charge is 0.229 e. The molecule has 2 aromatic heterocycles. The maximum Gasteiger partial charge on any atom is 0.229 e. The van der Waals surface area contributed by atoms with Crippen molar-refractivity contribution in [2.24, 2.45) is 0 Å². The molecule has 2 aromatic rings. The van der Waals surface area contributed by atoms with Crippen LogP contribution in [0.2, 0.25) is 0 Å². The fourth-order valence-electron chi connectivity index (χ4n) is 1.97. The van der Waals surface area contributed by atoms with Gasteiger partial charge in [-0.25, -0.2) is 0 Å². The molecule has 1 N–H and O–H groups in total. The highest BCUT2D eigenvalue weighted by atomic mass is 16.5. The third-order valence-corrected chi connectivity index (χ3v) is 3.44. The van der Waals surface area contributed by atoms with E-state index in [1.807, 2.05) is 7.05 Å². The van der Waals surface area contributed by atoms with E-state index in [1.54, 1.807) is 0 Å². The van der Waals surface area contributed by atoms with E-state index in [4.69, 9.17) is 4.52 Å². The second-order valence-electron chi connectivity index (χ2n) is 4.95. The first kappa shape index (κ1) is 11.5. The van der Waals surface area contributed by atoms with Crippen LogP contribution in [0.3, 0.4) is 0 Å². The van der Waals surface area contributed by atoms with E-state index in [0.717, 1.165) is 11.7 Å². The van der Waals surface area contributed by atoms with Gasteiger partial charge in [-0.15, -0.1) is 0 Å². The Labute approximate surface area is 106 Å². The SMILES string of the molecule is CNC(C)c1ccn(Cc2noc(C3CC3)n2)c1. The Bertz CT molecular complexity index is 527. The fourth-order valence-corrected chi connectivity index (χ4v) is 1.97. The largest absolute Gasteiger partial charge is 0.346 e. The Morgan fingerprint density at radius 2 is 2.39 bits per heavy atom. The standard InChI is InChI=1S/C13H18N4O/c1-9(14-2)11-5-6-17(7-11)8-12-15-13(18-16-12)10-3-4-10/h5-7,9-10,14H,3-4,8H2,1-2H3. The van der Waals surface area contributed by atoms with Crippen molar-refractivity contribution in [2.45, 2.75) is 38.3 Å². The number of nitrogens with zero attached hydrogens (tertiary/aromatic N) is 3. The first-order chi connectivity index (χ1) is 8.76. The lowest BCUT2D eigenvalue weighted by atomic mass is 10.2. The molecule has 2 heterocycles. The summed E-state index contributed by atoms with van der Waals surface area (Å²) in [4.78, 5) is 4.43. The zero-order valence-electron chi connectivity index (χ0n) is 10.8. The van der Waals surface area contributed by atoms with Crippen molar-refractivity contribution in [3.8, 4) is 0 Å². The van der Waals surface area contributed by atoms with E-state index in [9.17, 15) is 0 Å². The predicted molar refractivity (Wildman–Crippen MR) is 67.3 cm³/mol. The van der Waals surface area contributed by atoms with E-state index >= 15 is 0 Å². The molecule has 1 atom stereocenters. The van der Waals surface area contributed by atoms with Crippen LogP contribution in [0.5, 0.6) is 0 Å². The number of hydrogen-bond donors (Lipinski definition) is 1. The fraction of sp³-hybridized carbons (Fsp3) is 0.538. The minimum atomic E-state index is 0.360. The molecule has 0 bridgehead atoms. The minimum Gasteiger partial charge on any atom is -0.346 e. The van der Waals surface area contributed by atoms with Gasteiger partial charge in [0.05, 0.1) is 6.54 Å². The summed E-state index contributed by atoms with van der Waals surface area (Å²) in [6.07, 6.45) is 6.55. The Hall–Kier alpha value is -1.62. The molecular weight excluding hydrogens is 228 g/mol. The van der Waals surface area contributed by atoms with Gasteiger partial charge in [0.25, 0.3) is 0 Å². The van der Waals surface area contributed by atoms with Crippen LogP contribution < -0.4 is 5.32 Å². The summed E-state index contributed by atoms with van der Waals surface area (Å²) in [6.45, 7) is 2.81. The quantitative estimate of drug-likeness (QED) is 0.877. The summed E-state index contributed by atoms with van der Waals surface area (Å²) in [5.74, 6) is 2.09. The molecule has 1 unspecified atom stereocenters. The average molecular weight is 246 g/mol. The first-order valence-corrected chi connectivity index (χ1v) is 6.41. The van der Waals surface area contributed by atoms with Gasteiger partial charge in [0.15, 0.2) is 5.82 Å². The van der Waals surface area contributed by atoms with Gasteiger partial charge in [-0.1, -0.05) is 5.16 Å². The van der Waals surface area contributed by atoms with Gasteiger partial charge >= 0.3 is 0 Å². The molecule has 1 aliphatic carbocycles. The van der Waals surface area contributed by atoms with Crippen LogP contribution in [-0.4, -0.2) is 21.8 Å². The van der Waals surface area contributed by atoms with Crippen LogP contribution in [0.4, 0.5) is 0 Å². The summed E-state index contributed by atoms with van der Waals surface area (Å²) >= 11 is 0. The summed E-state index contributed by atoms with van der Waals surface area (Å²) in [7, 11) is 1.96. The Morgan fingerprint density at radius 3 is 3.11 bits per heavy atom. The highest BCUT2D eigenvalue weighted by Gasteiger charge is 2.29. The summed E-state index contributed by atoms with van der Waals surface area (Å²) in [6, 6.07) is 2.47. The molecule has 0 spiro atoms. The molecule has 5 heteroatoms. The second-order valence-corrected chi connectivity index (χ2v) is 4.95. The predicted octanol–water partition coefficient (Wildman–Crippen LogP) is 2.08. The van der Waals surface area contributed by atoms with Gasteiger partial charge in [-0.2, -0.15) is 4.98 Å². The van der Waals surface area contributed by atoms with Crippen LogP contribution in [0.1, 0.15) is 49.0 Å². The lowest BCUT2D eigenvalue weighted by Crippen LogP contribution is -2.11. The number of rotatable bonds is 5. The van der Waals surface area contributed by atoms with E-state index < -0.39 is 0 Å². The summed E-state index contributed by atoms with van der Waals surface area (Å²) < 4.78 is 7.34. The highest BCUT2D eigenvalue weighted by molar-refractivity contribution is 5.15. The second kappa shape index (κ2) is 4.57. The van der Waals surface area contributed by atoms with E-state index in [-0.39, 0.29) is 0 Å². The zero-order chi connectivity index (χ0) is 12.5. The third kappa shape index (κ3) is 2.31. The van der Waals surface area contributed by atoms with Gasteiger partial charge in [0.1, 0.15) is 0 Å². The van der Waals surface area contributed by atoms with Crippen molar-refractivity contribution >= 4 is 0 Å². The molecule has 1 aliphatic rings. The van der Waals surface area contributed by atoms with Crippen molar-refractivity contribution in [1.29, 1.82) is 0 Å². The van der Waals surface area contributed by atoms with Crippen LogP contribution in [0.25, 0.3) is 0 Å². The van der Waals surface area contributed by atoms with Crippen LogP contribution in [0, 0.1) is 0 Å². The molecule has 5 nitrogen and oxygen atoms in total. The molecule has 1 saturated carbocycles. The lowest BCUT2D eigenvalue weighted by molar-refractivity contribution is 0.373. The maximum absolute atomic E-state index is 5.25. The molecule has 0 saturated heterocycles. The van der Waals surface area contributed by atoms with Gasteiger partial charge in [-0.05, 0) is 38.4 Å². The van der Waals surface area contributed by atoms with E-state index in [1.165, 1.54) is 18.4 Å². The van der Waals surface area contributed by atoms with Crippen LogP contribution in [-0.2, 0) is 6.54 Å². The number of aromatic nitrogens is 3. The summed E-state index contributed by atoms with van der Waals surface area (Å²) in [5, 5.41) is 7.25. The Morgan fingerprint density at radius 1 is 1.56 bits per heavy atom. The molecule has 1 fully saturated rings. The van der Waals surface area contributed by atoms with Crippen LogP contribution in [0.15, 0.2) is 23.0 Å². The molecule has 0 aliphatic heterocycles. The van der Waals surface area contributed by atoms with Crippen LogP contribution >= 0.6 is 0 Å². The molecule has 0 radical (unpaired) electrons.